The van der Waals surface area contributed by atoms with Gasteiger partial charge in [-0.05, 0) is 110 Å². The van der Waals surface area contributed by atoms with Gasteiger partial charge in [-0.1, -0.05) is 17.7 Å². The number of hydrogen-bond donors (Lipinski definition) is 1. The van der Waals surface area contributed by atoms with E-state index in [0.717, 1.165) is 68.0 Å². The Kier molecular flexibility index (Phi) is 6.09. The number of halogens is 3. The van der Waals surface area contributed by atoms with Crippen molar-refractivity contribution in [2.75, 3.05) is 13.1 Å². The van der Waals surface area contributed by atoms with E-state index in [9.17, 15) is 13.2 Å². The van der Waals surface area contributed by atoms with Crippen LogP contribution in [0.2, 0.25) is 0 Å². The monoisotopic (exact) mass is 412 g/mol. The van der Waals surface area contributed by atoms with Crippen LogP contribution >= 0.6 is 0 Å². The first-order valence-electron chi connectivity index (χ1n) is 10.7. The van der Waals surface area contributed by atoms with Gasteiger partial charge in [0.2, 0.25) is 0 Å². The summed E-state index contributed by atoms with van der Waals surface area (Å²) in [5.74, 6) is 0.545. The Balaban J connectivity index is 1.89. The van der Waals surface area contributed by atoms with E-state index in [2.05, 4.69) is 17.2 Å². The van der Waals surface area contributed by atoms with E-state index in [1.807, 2.05) is 18.2 Å². The van der Waals surface area contributed by atoms with E-state index in [1.54, 1.807) is 12.4 Å². The number of piperidine rings is 1. The molecule has 0 spiro atoms. The van der Waals surface area contributed by atoms with Gasteiger partial charge in [0, 0.05) is 12.4 Å². The molecule has 0 unspecified atom stereocenters. The van der Waals surface area contributed by atoms with Crippen molar-refractivity contribution in [1.82, 2.24) is 10.3 Å². The van der Waals surface area contributed by atoms with Crippen LogP contribution in [0.4, 0.5) is 13.2 Å². The molecule has 2 heterocycles. The molecule has 1 N–H and O–H groups in total. The van der Waals surface area contributed by atoms with Gasteiger partial charge in [0.25, 0.3) is 0 Å². The van der Waals surface area contributed by atoms with E-state index in [4.69, 9.17) is 0 Å². The maximum absolute atomic E-state index is 13.4. The normalized spacial score (nSPS) is 19.2. The summed E-state index contributed by atoms with van der Waals surface area (Å²) < 4.78 is 40.1. The lowest BCUT2D eigenvalue weighted by Gasteiger charge is -2.27. The molecule has 30 heavy (non-hydrogen) atoms. The molecule has 0 bridgehead atoms. The molecule has 0 radical (unpaired) electrons. The summed E-state index contributed by atoms with van der Waals surface area (Å²) in [7, 11) is 0. The third kappa shape index (κ3) is 4.36. The molecule has 2 aromatic rings. The molecule has 2 aliphatic rings. The van der Waals surface area contributed by atoms with Gasteiger partial charge in [-0.2, -0.15) is 13.2 Å². The quantitative estimate of drug-likeness (QED) is 0.621. The Hall–Kier alpha value is -2.40. The zero-order chi connectivity index (χ0) is 21.1. The van der Waals surface area contributed by atoms with Crippen molar-refractivity contribution in [3.8, 4) is 0 Å². The number of nitrogens with zero attached hydrogens (tertiary/aromatic N) is 1. The zero-order valence-corrected chi connectivity index (χ0v) is 17.2. The highest BCUT2D eigenvalue weighted by Gasteiger charge is 2.31. The van der Waals surface area contributed by atoms with Gasteiger partial charge >= 0.3 is 6.18 Å². The number of rotatable bonds is 3. The highest BCUT2D eigenvalue weighted by Crippen LogP contribution is 2.44. The van der Waals surface area contributed by atoms with Crippen LogP contribution < -0.4 is 5.32 Å². The minimum Gasteiger partial charge on any atom is -0.317 e. The molecule has 1 fully saturated rings. The Morgan fingerprint density at radius 3 is 2.40 bits per heavy atom. The lowest BCUT2D eigenvalue weighted by molar-refractivity contribution is -0.137. The summed E-state index contributed by atoms with van der Waals surface area (Å²) in [5, 5.41) is 3.43. The highest BCUT2D eigenvalue weighted by atomic mass is 19.4. The first-order chi connectivity index (χ1) is 14.4. The van der Waals surface area contributed by atoms with E-state index >= 15 is 0 Å². The van der Waals surface area contributed by atoms with Gasteiger partial charge in [0.05, 0.1) is 5.56 Å². The molecule has 1 aromatic carbocycles. The smallest absolute Gasteiger partial charge is 0.317 e. The van der Waals surface area contributed by atoms with E-state index in [1.165, 1.54) is 23.3 Å². The second-order valence-corrected chi connectivity index (χ2v) is 8.20. The fourth-order valence-corrected chi connectivity index (χ4v) is 4.92. The summed E-state index contributed by atoms with van der Waals surface area (Å²) >= 11 is 0. The Morgan fingerprint density at radius 1 is 0.967 bits per heavy atom. The van der Waals surface area contributed by atoms with Gasteiger partial charge in [0.1, 0.15) is 0 Å². The Morgan fingerprint density at radius 2 is 1.70 bits per heavy atom. The van der Waals surface area contributed by atoms with Crippen molar-refractivity contribution in [3.05, 3.63) is 76.6 Å². The molecule has 0 saturated carbocycles. The number of allylic oxidation sites excluding steroid dienone is 4. The molecular formula is C25H27F3N2. The number of benzene rings is 1. The van der Waals surface area contributed by atoms with Crippen molar-refractivity contribution in [3.63, 3.8) is 0 Å². The maximum Gasteiger partial charge on any atom is 0.416 e. The standard InChI is InChI=1S/C25H27F3N2/c1-17-22(18-8-12-29-13-9-18)6-3-7-23(24(17)19-10-14-30-15-11-19)20-4-2-5-21(16-20)25(26,27)28/h2,4-5,10-11,14-16,18,29H,3,6-9,12-13H2,1H3. The first-order valence-corrected chi connectivity index (χ1v) is 10.7. The van der Waals surface area contributed by atoms with Crippen molar-refractivity contribution in [2.45, 2.75) is 45.2 Å². The van der Waals surface area contributed by atoms with Gasteiger partial charge in [-0.25, -0.2) is 0 Å². The third-order valence-electron chi connectivity index (χ3n) is 6.37. The predicted molar refractivity (Wildman–Crippen MR) is 115 cm³/mol. The topological polar surface area (TPSA) is 24.9 Å². The Bertz CT molecular complexity index is 952. The first kappa shape index (κ1) is 20.9. The van der Waals surface area contributed by atoms with Gasteiger partial charge in [-0.15, -0.1) is 0 Å². The van der Waals surface area contributed by atoms with E-state index in [-0.39, 0.29) is 0 Å². The molecular weight excluding hydrogens is 385 g/mol. The maximum atomic E-state index is 13.4. The van der Waals surface area contributed by atoms with Gasteiger partial charge in [0.15, 0.2) is 0 Å². The van der Waals surface area contributed by atoms with Gasteiger partial charge in [-0.3, -0.25) is 4.98 Å². The summed E-state index contributed by atoms with van der Waals surface area (Å²) in [6.07, 6.45) is 4.14. The van der Waals surface area contributed by atoms with Crippen molar-refractivity contribution >= 4 is 11.1 Å². The molecule has 1 aliphatic heterocycles. The molecule has 2 nitrogen and oxygen atoms in total. The Labute approximate surface area is 175 Å². The largest absolute Gasteiger partial charge is 0.416 e. The SMILES string of the molecule is CC1=C(C2CCNCC2)CCCC(c2cccc(C(F)(F)F)c2)=C1c1ccncc1. The number of pyridine rings is 1. The summed E-state index contributed by atoms with van der Waals surface area (Å²) in [5.41, 5.74) is 5.91. The fraction of sp³-hybridized carbons (Fsp3) is 0.400. The molecule has 0 atom stereocenters. The van der Waals surface area contributed by atoms with E-state index < -0.39 is 11.7 Å². The molecule has 1 aliphatic carbocycles. The number of hydrogen-bond acceptors (Lipinski definition) is 2. The second-order valence-electron chi connectivity index (χ2n) is 8.20. The minimum absolute atomic E-state index is 0.545. The second kappa shape index (κ2) is 8.76. The van der Waals surface area contributed by atoms with Crippen LogP contribution in [0.3, 0.4) is 0 Å². The zero-order valence-electron chi connectivity index (χ0n) is 17.2. The number of alkyl halides is 3. The predicted octanol–water partition coefficient (Wildman–Crippen LogP) is 6.51. The van der Waals surface area contributed by atoms with Crippen LogP contribution in [-0.2, 0) is 6.18 Å². The average Bonchev–Trinajstić information content (AvgIpc) is 2.93. The number of nitrogens with one attached hydrogen (secondary N) is 1. The average molecular weight is 412 g/mol. The van der Waals surface area contributed by atoms with Crippen LogP contribution in [0, 0.1) is 5.92 Å². The molecule has 5 heteroatoms. The number of aromatic nitrogens is 1. The molecule has 0 amide bonds. The lowest BCUT2D eigenvalue weighted by atomic mass is 9.82. The molecule has 4 rings (SSSR count). The highest BCUT2D eigenvalue weighted by molar-refractivity contribution is 5.98. The summed E-state index contributed by atoms with van der Waals surface area (Å²) in [6, 6.07) is 9.73. The van der Waals surface area contributed by atoms with Crippen LogP contribution in [0.1, 0.15) is 55.7 Å². The van der Waals surface area contributed by atoms with Crippen LogP contribution in [0.15, 0.2) is 59.9 Å². The molecule has 158 valence electrons. The van der Waals surface area contributed by atoms with Crippen molar-refractivity contribution in [1.29, 1.82) is 0 Å². The molecule has 1 saturated heterocycles. The fourth-order valence-electron chi connectivity index (χ4n) is 4.92. The van der Waals surface area contributed by atoms with Gasteiger partial charge < -0.3 is 5.32 Å². The summed E-state index contributed by atoms with van der Waals surface area (Å²) in [6.45, 7) is 4.21. The van der Waals surface area contributed by atoms with Crippen LogP contribution in [-0.4, -0.2) is 18.1 Å². The summed E-state index contributed by atoms with van der Waals surface area (Å²) in [4.78, 5) is 4.15. The minimum atomic E-state index is -4.34. The lowest BCUT2D eigenvalue weighted by Crippen LogP contribution is -2.29. The van der Waals surface area contributed by atoms with Crippen molar-refractivity contribution < 1.29 is 13.2 Å². The van der Waals surface area contributed by atoms with Crippen molar-refractivity contribution in [2.24, 2.45) is 5.92 Å². The van der Waals surface area contributed by atoms with E-state index in [0.29, 0.717) is 11.5 Å². The third-order valence-corrected chi connectivity index (χ3v) is 6.37. The van der Waals surface area contributed by atoms with Crippen LogP contribution in [0.5, 0.6) is 0 Å². The molecule has 1 aromatic heterocycles. The van der Waals surface area contributed by atoms with Crippen LogP contribution in [0.25, 0.3) is 11.1 Å².